The van der Waals surface area contributed by atoms with Gasteiger partial charge in [-0.2, -0.15) is 5.10 Å². The molecule has 0 aliphatic carbocycles. The third kappa shape index (κ3) is 7.82. The number of nitrogens with zero attached hydrogens (tertiary/aromatic N) is 2. The maximum Gasteiger partial charge on any atom is 0.270 e. The van der Waals surface area contributed by atoms with Crippen LogP contribution in [0.3, 0.4) is 0 Å². The first-order chi connectivity index (χ1) is 20.5. The van der Waals surface area contributed by atoms with Crippen molar-refractivity contribution in [1.82, 2.24) is 15.1 Å². The van der Waals surface area contributed by atoms with E-state index in [0.717, 1.165) is 37.0 Å². The van der Waals surface area contributed by atoms with Crippen LogP contribution in [0.4, 0.5) is 0 Å². The van der Waals surface area contributed by atoms with E-state index in [-0.39, 0.29) is 16.7 Å². The smallest absolute Gasteiger partial charge is 0.270 e. The van der Waals surface area contributed by atoms with Crippen molar-refractivity contribution in [1.29, 1.82) is 0 Å². The normalized spacial score (nSPS) is 11.9. The van der Waals surface area contributed by atoms with Crippen LogP contribution in [-0.4, -0.2) is 28.8 Å². The number of hydrogen-bond acceptors (Lipinski definition) is 3. The molecular formula is C36H43Cl2N3O2. The van der Waals surface area contributed by atoms with E-state index in [0.29, 0.717) is 40.3 Å². The Morgan fingerprint density at radius 2 is 1.63 bits per heavy atom. The highest BCUT2D eigenvalue weighted by atomic mass is 35.5. The maximum atomic E-state index is 13.4. The Morgan fingerprint density at radius 3 is 2.33 bits per heavy atom. The zero-order valence-corrected chi connectivity index (χ0v) is 27.6. The van der Waals surface area contributed by atoms with Crippen molar-refractivity contribution in [2.45, 2.75) is 78.1 Å². The van der Waals surface area contributed by atoms with Crippen LogP contribution in [0.1, 0.15) is 88.8 Å². The quantitative estimate of drug-likeness (QED) is 0.151. The first-order valence-corrected chi connectivity index (χ1v) is 15.9. The molecule has 43 heavy (non-hydrogen) atoms. The van der Waals surface area contributed by atoms with E-state index in [1.807, 2.05) is 36.4 Å². The summed E-state index contributed by atoms with van der Waals surface area (Å²) in [6.45, 7) is 14.7. The van der Waals surface area contributed by atoms with Crippen molar-refractivity contribution in [3.8, 4) is 22.7 Å². The Morgan fingerprint density at radius 1 is 0.884 bits per heavy atom. The predicted molar refractivity (Wildman–Crippen MR) is 179 cm³/mol. The molecule has 0 saturated heterocycles. The minimum Gasteiger partial charge on any atom is -0.493 e. The highest BCUT2D eigenvalue weighted by Crippen LogP contribution is 2.38. The molecule has 4 rings (SSSR count). The summed E-state index contributed by atoms with van der Waals surface area (Å²) in [5.41, 5.74) is 5.21. The number of rotatable bonds is 13. The number of ether oxygens (including phenoxy) is 1. The standard InChI is InChI=1S/C36H43Cl2N3O2/c1-7-35(3,4)25-18-19-33(29(22-25)36(5,6)8-2)43-21-12-11-20-39-34(42)32-24-31(28-16-9-10-17-30(28)38)40-41(32)27-15-13-14-26(37)23-27/h9-10,13-19,22-24H,7-8,11-12,20-21H2,1-6H3,(H,39,42). The molecular weight excluding hydrogens is 577 g/mol. The Labute approximate surface area is 266 Å². The topological polar surface area (TPSA) is 56.1 Å². The number of unbranched alkanes of at least 4 members (excludes halogenated alkanes) is 1. The monoisotopic (exact) mass is 619 g/mol. The molecule has 1 N–H and O–H groups in total. The number of aromatic nitrogens is 2. The summed E-state index contributed by atoms with van der Waals surface area (Å²) in [5.74, 6) is 0.733. The van der Waals surface area contributed by atoms with Gasteiger partial charge in [-0.1, -0.05) is 101 Å². The Kier molecular flexibility index (Phi) is 10.6. The van der Waals surface area contributed by atoms with E-state index < -0.39 is 0 Å². The molecule has 5 nitrogen and oxygen atoms in total. The second kappa shape index (κ2) is 14.0. The lowest BCUT2D eigenvalue weighted by atomic mass is 9.76. The number of hydrogen-bond donors (Lipinski definition) is 1. The van der Waals surface area contributed by atoms with Crippen LogP contribution in [0.2, 0.25) is 10.0 Å². The summed E-state index contributed by atoms with van der Waals surface area (Å²) < 4.78 is 7.93. The molecule has 1 amide bonds. The molecule has 0 saturated carbocycles. The highest BCUT2D eigenvalue weighted by molar-refractivity contribution is 6.33. The van der Waals surface area contributed by atoms with Gasteiger partial charge in [0.2, 0.25) is 0 Å². The molecule has 228 valence electrons. The maximum absolute atomic E-state index is 13.4. The van der Waals surface area contributed by atoms with Crippen molar-refractivity contribution in [2.75, 3.05) is 13.2 Å². The lowest BCUT2D eigenvalue weighted by molar-refractivity contribution is 0.0944. The van der Waals surface area contributed by atoms with Crippen molar-refractivity contribution in [3.05, 3.63) is 99.7 Å². The second-order valence-electron chi connectivity index (χ2n) is 12.3. The van der Waals surface area contributed by atoms with Crippen LogP contribution in [0.25, 0.3) is 16.9 Å². The van der Waals surface area contributed by atoms with Gasteiger partial charge in [0, 0.05) is 22.7 Å². The fourth-order valence-corrected chi connectivity index (χ4v) is 5.27. The molecule has 0 atom stereocenters. The number of benzene rings is 3. The molecule has 0 aliphatic heterocycles. The first-order valence-electron chi connectivity index (χ1n) is 15.1. The van der Waals surface area contributed by atoms with E-state index in [2.05, 4.69) is 65.1 Å². The van der Waals surface area contributed by atoms with Gasteiger partial charge in [0.25, 0.3) is 5.91 Å². The Hall–Kier alpha value is -3.28. The number of carbonyl (C=O) groups excluding carboxylic acids is 1. The van der Waals surface area contributed by atoms with Gasteiger partial charge in [-0.3, -0.25) is 4.79 Å². The third-order valence-corrected chi connectivity index (χ3v) is 9.08. The second-order valence-corrected chi connectivity index (χ2v) is 13.1. The van der Waals surface area contributed by atoms with Crippen molar-refractivity contribution in [2.24, 2.45) is 0 Å². The summed E-state index contributed by atoms with van der Waals surface area (Å²) in [7, 11) is 0. The fraction of sp³-hybridized carbons (Fsp3) is 0.389. The van der Waals surface area contributed by atoms with Crippen molar-refractivity contribution >= 4 is 29.1 Å². The molecule has 0 radical (unpaired) electrons. The minimum atomic E-state index is -0.215. The Bertz CT molecular complexity index is 1560. The molecule has 0 bridgehead atoms. The fourth-order valence-electron chi connectivity index (χ4n) is 4.85. The zero-order chi connectivity index (χ0) is 31.2. The number of carbonyl (C=O) groups is 1. The van der Waals surface area contributed by atoms with Gasteiger partial charge >= 0.3 is 0 Å². The average Bonchev–Trinajstić information content (AvgIpc) is 3.44. The lowest BCUT2D eigenvalue weighted by Crippen LogP contribution is -2.27. The summed E-state index contributed by atoms with van der Waals surface area (Å²) in [6, 6.07) is 23.2. The van der Waals surface area contributed by atoms with Gasteiger partial charge < -0.3 is 10.1 Å². The molecule has 0 unspecified atom stereocenters. The number of amides is 1. The van der Waals surface area contributed by atoms with Crippen LogP contribution in [0.15, 0.2) is 72.8 Å². The molecule has 0 fully saturated rings. The zero-order valence-electron chi connectivity index (χ0n) is 26.1. The average molecular weight is 621 g/mol. The van der Waals surface area contributed by atoms with Crippen molar-refractivity contribution < 1.29 is 9.53 Å². The first kappa shape index (κ1) is 32.6. The number of nitrogens with one attached hydrogen (secondary N) is 1. The van der Waals surface area contributed by atoms with Gasteiger partial charge in [-0.25, -0.2) is 4.68 Å². The molecule has 7 heteroatoms. The summed E-state index contributed by atoms with van der Waals surface area (Å²) in [4.78, 5) is 13.4. The lowest BCUT2D eigenvalue weighted by Gasteiger charge is -2.30. The van der Waals surface area contributed by atoms with Crippen LogP contribution in [0.5, 0.6) is 5.75 Å². The minimum absolute atomic E-state index is 0.0118. The third-order valence-electron chi connectivity index (χ3n) is 8.52. The van der Waals surface area contributed by atoms with Gasteiger partial charge in [0.05, 0.1) is 23.0 Å². The summed E-state index contributed by atoms with van der Waals surface area (Å²) in [6.07, 6.45) is 3.69. The molecule has 4 aromatic rings. The van der Waals surface area contributed by atoms with E-state index in [9.17, 15) is 4.79 Å². The molecule has 0 spiro atoms. The van der Waals surface area contributed by atoms with Gasteiger partial charge in [0.1, 0.15) is 11.4 Å². The van der Waals surface area contributed by atoms with Gasteiger partial charge in [-0.15, -0.1) is 0 Å². The van der Waals surface area contributed by atoms with Crippen LogP contribution < -0.4 is 10.1 Å². The van der Waals surface area contributed by atoms with Crippen LogP contribution in [-0.2, 0) is 10.8 Å². The highest BCUT2D eigenvalue weighted by Gasteiger charge is 2.26. The summed E-state index contributed by atoms with van der Waals surface area (Å²) >= 11 is 12.7. The SMILES string of the molecule is CCC(C)(C)c1ccc(OCCCCNC(=O)c2cc(-c3ccccc3Cl)nn2-c2cccc(Cl)c2)c(C(C)(C)CC)c1. The van der Waals surface area contributed by atoms with E-state index in [4.69, 9.17) is 33.0 Å². The largest absolute Gasteiger partial charge is 0.493 e. The van der Waals surface area contributed by atoms with Gasteiger partial charge in [-0.05, 0) is 78.5 Å². The molecule has 3 aromatic carbocycles. The predicted octanol–water partition coefficient (Wildman–Crippen LogP) is 9.81. The molecule has 0 aliphatic rings. The van der Waals surface area contributed by atoms with Crippen LogP contribution >= 0.6 is 23.2 Å². The summed E-state index contributed by atoms with van der Waals surface area (Å²) in [5, 5.41) is 8.91. The van der Waals surface area contributed by atoms with Gasteiger partial charge in [0.15, 0.2) is 0 Å². The van der Waals surface area contributed by atoms with Crippen LogP contribution in [0, 0.1) is 0 Å². The van der Waals surface area contributed by atoms with E-state index >= 15 is 0 Å². The molecule has 1 aromatic heterocycles. The van der Waals surface area contributed by atoms with E-state index in [1.165, 1.54) is 11.1 Å². The van der Waals surface area contributed by atoms with Crippen molar-refractivity contribution in [3.63, 3.8) is 0 Å². The number of halogens is 2. The van der Waals surface area contributed by atoms with E-state index in [1.54, 1.807) is 22.9 Å². The molecule has 1 heterocycles. The Balaban J connectivity index is 1.41.